The lowest BCUT2D eigenvalue weighted by Gasteiger charge is -2.29. The van der Waals surface area contributed by atoms with Crippen molar-refractivity contribution in [2.45, 2.75) is 25.7 Å². The zero-order valence-electron chi connectivity index (χ0n) is 18.4. The summed E-state index contributed by atoms with van der Waals surface area (Å²) < 4.78 is 16.5. The number of para-hydroxylation sites is 1. The molecule has 6 nitrogen and oxygen atoms in total. The minimum Gasteiger partial charge on any atom is -0.497 e. The van der Waals surface area contributed by atoms with E-state index < -0.39 is 0 Å². The van der Waals surface area contributed by atoms with Gasteiger partial charge in [-0.05, 0) is 23.6 Å². The number of rotatable bonds is 7. The lowest BCUT2D eigenvalue weighted by atomic mass is 9.86. The van der Waals surface area contributed by atoms with Crippen LogP contribution in [0.2, 0.25) is 0 Å². The highest BCUT2D eigenvalue weighted by molar-refractivity contribution is 5.88. The molecule has 4 rings (SSSR count). The highest BCUT2D eigenvalue weighted by atomic mass is 16.5. The molecule has 1 fully saturated rings. The van der Waals surface area contributed by atoms with Crippen LogP contribution in [0.4, 0.5) is 0 Å². The Morgan fingerprint density at radius 2 is 1.94 bits per heavy atom. The van der Waals surface area contributed by atoms with Gasteiger partial charge in [0.15, 0.2) is 0 Å². The summed E-state index contributed by atoms with van der Waals surface area (Å²) in [4.78, 5) is 18.6. The van der Waals surface area contributed by atoms with Crippen molar-refractivity contribution >= 4 is 16.8 Å². The van der Waals surface area contributed by atoms with E-state index in [1.54, 1.807) is 14.2 Å². The van der Waals surface area contributed by atoms with Crippen molar-refractivity contribution in [3.63, 3.8) is 0 Å². The van der Waals surface area contributed by atoms with Gasteiger partial charge in [-0.3, -0.25) is 4.79 Å². The van der Waals surface area contributed by atoms with Gasteiger partial charge in [-0.15, -0.1) is 0 Å². The van der Waals surface area contributed by atoms with Crippen LogP contribution in [0.25, 0.3) is 10.9 Å². The standard InChI is InChI=1S/C25H30N2O4/c1-4-17-6-5-7-20-22(16-26-25(17)20)21(15-24(28)27-10-12-31-13-11-27)19-9-8-18(29-2)14-23(19)30-3/h5-9,14,16,21,26H,4,10-13,15H2,1-3H3/t21-/m0/s1. The molecule has 6 heteroatoms. The van der Waals surface area contributed by atoms with E-state index in [1.807, 2.05) is 29.3 Å². The molecule has 1 aliphatic rings. The van der Waals surface area contributed by atoms with Crippen LogP contribution in [0.5, 0.6) is 11.5 Å². The van der Waals surface area contributed by atoms with Crippen LogP contribution >= 0.6 is 0 Å². The molecule has 2 heterocycles. The molecule has 1 N–H and O–H groups in total. The minimum atomic E-state index is -0.142. The third-order valence-corrected chi connectivity index (χ3v) is 6.15. The fraction of sp³-hybridized carbons (Fsp3) is 0.400. The molecule has 1 aliphatic heterocycles. The number of hydrogen-bond acceptors (Lipinski definition) is 4. The SMILES string of the molecule is CCc1cccc2c([C@@H](CC(=O)N3CCOCC3)c3ccc(OC)cc3OC)c[nH]c12. The van der Waals surface area contributed by atoms with Gasteiger partial charge in [0.2, 0.25) is 5.91 Å². The minimum absolute atomic E-state index is 0.132. The fourth-order valence-electron chi connectivity index (χ4n) is 4.43. The van der Waals surface area contributed by atoms with Gasteiger partial charge in [0.05, 0.1) is 27.4 Å². The van der Waals surface area contributed by atoms with Gasteiger partial charge in [-0.25, -0.2) is 0 Å². The van der Waals surface area contributed by atoms with Crippen molar-refractivity contribution < 1.29 is 19.0 Å². The molecule has 1 saturated heterocycles. The molecular weight excluding hydrogens is 392 g/mol. The lowest BCUT2D eigenvalue weighted by molar-refractivity contribution is -0.135. The Bertz CT molecular complexity index is 1050. The maximum atomic E-state index is 13.3. The molecule has 0 bridgehead atoms. The number of benzene rings is 2. The number of methoxy groups -OCH3 is 2. The molecule has 2 aromatic carbocycles. The Morgan fingerprint density at radius 3 is 2.65 bits per heavy atom. The second kappa shape index (κ2) is 9.43. The summed E-state index contributed by atoms with van der Waals surface area (Å²) in [6, 6.07) is 12.2. The number of morpholine rings is 1. The molecular formula is C25H30N2O4. The van der Waals surface area contributed by atoms with E-state index >= 15 is 0 Å². The van der Waals surface area contributed by atoms with Gasteiger partial charge in [0.25, 0.3) is 0 Å². The molecule has 1 aromatic heterocycles. The number of fused-ring (bicyclic) bond motifs is 1. The van der Waals surface area contributed by atoms with Crippen molar-refractivity contribution in [3.8, 4) is 11.5 Å². The molecule has 31 heavy (non-hydrogen) atoms. The van der Waals surface area contributed by atoms with E-state index in [0.717, 1.165) is 39.9 Å². The Labute approximate surface area is 183 Å². The number of H-pyrrole nitrogens is 1. The predicted molar refractivity (Wildman–Crippen MR) is 121 cm³/mol. The van der Waals surface area contributed by atoms with Crippen molar-refractivity contribution in [1.82, 2.24) is 9.88 Å². The highest BCUT2D eigenvalue weighted by Crippen LogP contribution is 2.40. The van der Waals surface area contributed by atoms with Crippen LogP contribution in [-0.4, -0.2) is 56.3 Å². The topological polar surface area (TPSA) is 63.8 Å². The van der Waals surface area contributed by atoms with Gasteiger partial charge < -0.3 is 24.1 Å². The Morgan fingerprint density at radius 1 is 1.13 bits per heavy atom. The zero-order chi connectivity index (χ0) is 21.8. The summed E-state index contributed by atoms with van der Waals surface area (Å²) >= 11 is 0. The summed E-state index contributed by atoms with van der Waals surface area (Å²) in [7, 11) is 3.30. The van der Waals surface area contributed by atoms with Crippen molar-refractivity contribution in [3.05, 3.63) is 59.3 Å². The van der Waals surface area contributed by atoms with E-state index in [-0.39, 0.29) is 11.8 Å². The Kier molecular flexibility index (Phi) is 6.47. The molecule has 0 unspecified atom stereocenters. The number of aryl methyl sites for hydroxylation is 1. The van der Waals surface area contributed by atoms with Crippen LogP contribution in [0.15, 0.2) is 42.6 Å². The molecule has 0 radical (unpaired) electrons. The number of hydrogen-bond donors (Lipinski definition) is 1. The average Bonchev–Trinajstić information content (AvgIpc) is 3.26. The first kappa shape index (κ1) is 21.2. The van der Waals surface area contributed by atoms with Crippen molar-refractivity contribution in [1.29, 1.82) is 0 Å². The van der Waals surface area contributed by atoms with Crippen molar-refractivity contribution in [2.24, 2.45) is 0 Å². The number of ether oxygens (including phenoxy) is 3. The maximum absolute atomic E-state index is 13.3. The Hall–Kier alpha value is -2.99. The molecule has 164 valence electrons. The smallest absolute Gasteiger partial charge is 0.223 e. The quantitative estimate of drug-likeness (QED) is 0.622. The number of nitrogens with zero attached hydrogens (tertiary/aromatic N) is 1. The summed E-state index contributed by atoms with van der Waals surface area (Å²) in [5.41, 5.74) is 4.49. The molecule has 3 aromatic rings. The first-order chi connectivity index (χ1) is 15.2. The van der Waals surface area contributed by atoms with Gasteiger partial charge in [0, 0.05) is 54.2 Å². The predicted octanol–water partition coefficient (Wildman–Crippen LogP) is 4.13. The van der Waals surface area contributed by atoms with E-state index in [1.165, 1.54) is 5.56 Å². The summed E-state index contributed by atoms with van der Waals surface area (Å²) in [6.45, 7) is 4.62. The maximum Gasteiger partial charge on any atom is 0.223 e. The fourth-order valence-corrected chi connectivity index (χ4v) is 4.43. The molecule has 1 atom stereocenters. The lowest BCUT2D eigenvalue weighted by Crippen LogP contribution is -2.41. The normalized spacial score (nSPS) is 15.1. The second-order valence-electron chi connectivity index (χ2n) is 7.80. The third-order valence-electron chi connectivity index (χ3n) is 6.15. The molecule has 1 amide bonds. The van der Waals surface area contributed by atoms with E-state index in [2.05, 4.69) is 30.1 Å². The Balaban J connectivity index is 1.79. The number of carbonyl (C=O) groups is 1. The largest absolute Gasteiger partial charge is 0.497 e. The first-order valence-corrected chi connectivity index (χ1v) is 10.8. The molecule has 0 saturated carbocycles. The summed E-state index contributed by atoms with van der Waals surface area (Å²) in [5.74, 6) is 1.44. The number of carbonyl (C=O) groups excluding carboxylic acids is 1. The number of aromatic amines is 1. The number of aromatic nitrogens is 1. The van der Waals surface area contributed by atoms with Crippen molar-refractivity contribution in [2.75, 3.05) is 40.5 Å². The number of nitrogens with one attached hydrogen (secondary N) is 1. The van der Waals surface area contributed by atoms with Crippen LogP contribution in [0.3, 0.4) is 0 Å². The number of amides is 1. The zero-order valence-corrected chi connectivity index (χ0v) is 18.4. The third kappa shape index (κ3) is 4.26. The van der Waals surface area contributed by atoms with E-state index in [4.69, 9.17) is 14.2 Å². The van der Waals surface area contributed by atoms with Crippen LogP contribution in [-0.2, 0) is 16.0 Å². The van der Waals surface area contributed by atoms with E-state index in [9.17, 15) is 4.79 Å². The monoisotopic (exact) mass is 422 g/mol. The second-order valence-corrected chi connectivity index (χ2v) is 7.80. The first-order valence-electron chi connectivity index (χ1n) is 10.8. The van der Waals surface area contributed by atoms with Crippen LogP contribution in [0.1, 0.15) is 36.0 Å². The summed E-state index contributed by atoms with van der Waals surface area (Å²) in [5, 5.41) is 1.15. The van der Waals surface area contributed by atoms with Gasteiger partial charge in [0.1, 0.15) is 11.5 Å². The van der Waals surface area contributed by atoms with E-state index in [0.29, 0.717) is 32.7 Å². The van der Waals surface area contributed by atoms with Gasteiger partial charge in [-0.1, -0.05) is 31.2 Å². The molecule has 0 aliphatic carbocycles. The van der Waals surface area contributed by atoms with Gasteiger partial charge in [-0.2, -0.15) is 0 Å². The summed E-state index contributed by atoms with van der Waals surface area (Å²) in [6.07, 6.45) is 3.36. The molecule has 0 spiro atoms. The average molecular weight is 423 g/mol. The van der Waals surface area contributed by atoms with Crippen LogP contribution in [0, 0.1) is 0 Å². The van der Waals surface area contributed by atoms with Gasteiger partial charge >= 0.3 is 0 Å². The van der Waals surface area contributed by atoms with Crippen LogP contribution < -0.4 is 9.47 Å². The highest BCUT2D eigenvalue weighted by Gasteiger charge is 2.28.